The Morgan fingerprint density at radius 3 is 2.86 bits per heavy atom. The number of aromatic nitrogens is 2. The Bertz CT molecular complexity index is 1310. The lowest BCUT2D eigenvalue weighted by molar-refractivity contribution is -0.172. The van der Waals surface area contributed by atoms with Crippen molar-refractivity contribution in [2.45, 2.75) is 38.5 Å². The topological polar surface area (TPSA) is 90.7 Å². The van der Waals surface area contributed by atoms with Crippen molar-refractivity contribution in [1.29, 1.82) is 0 Å². The molecule has 0 unspecified atom stereocenters. The first-order valence-corrected chi connectivity index (χ1v) is 9.76. The molecule has 29 heavy (non-hydrogen) atoms. The second kappa shape index (κ2) is 5.45. The number of rotatable bonds is 1. The largest absolute Gasteiger partial charge is 0.493 e. The van der Waals surface area contributed by atoms with E-state index in [9.17, 15) is 14.7 Å². The Kier molecular flexibility index (Phi) is 3.14. The van der Waals surface area contributed by atoms with Gasteiger partial charge in [-0.15, -0.1) is 0 Å². The highest BCUT2D eigenvalue weighted by atomic mass is 16.6. The Balaban J connectivity index is 1.61. The number of benzene rings is 1. The number of carbonyl (C=O) groups excluding carboxylic acids is 1. The monoisotopic (exact) mass is 390 g/mol. The molecule has 0 radical (unpaired) electrons. The summed E-state index contributed by atoms with van der Waals surface area (Å²) < 4.78 is 12.4. The first-order valence-electron chi connectivity index (χ1n) is 9.76. The molecule has 2 aromatic heterocycles. The van der Waals surface area contributed by atoms with Crippen molar-refractivity contribution in [3.05, 3.63) is 56.9 Å². The number of nitrogens with zero attached hydrogens (tertiary/aromatic N) is 2. The molecule has 1 aromatic carbocycles. The van der Waals surface area contributed by atoms with E-state index in [1.165, 1.54) is 0 Å². The van der Waals surface area contributed by atoms with Crippen LogP contribution < -0.4 is 10.3 Å². The summed E-state index contributed by atoms with van der Waals surface area (Å²) in [7, 11) is 0. The molecule has 7 heteroatoms. The van der Waals surface area contributed by atoms with Gasteiger partial charge in [0.1, 0.15) is 12.4 Å². The number of ether oxygens (including phenoxy) is 2. The van der Waals surface area contributed by atoms with Gasteiger partial charge in [0.25, 0.3) is 5.56 Å². The summed E-state index contributed by atoms with van der Waals surface area (Å²) >= 11 is 0. The van der Waals surface area contributed by atoms with Crippen molar-refractivity contribution in [2.75, 3.05) is 6.61 Å². The van der Waals surface area contributed by atoms with Crippen molar-refractivity contribution in [1.82, 2.24) is 9.55 Å². The van der Waals surface area contributed by atoms with Crippen molar-refractivity contribution in [2.24, 2.45) is 0 Å². The quantitative estimate of drug-likeness (QED) is 0.500. The summed E-state index contributed by atoms with van der Waals surface area (Å²) in [5.74, 6) is 0.183. The van der Waals surface area contributed by atoms with Crippen LogP contribution in [0.1, 0.15) is 35.6 Å². The molecule has 0 bridgehead atoms. The van der Waals surface area contributed by atoms with Crippen molar-refractivity contribution in [3.63, 3.8) is 0 Å². The first-order chi connectivity index (χ1) is 14.0. The zero-order valence-corrected chi connectivity index (χ0v) is 15.8. The second-order valence-electron chi connectivity index (χ2n) is 7.85. The molecule has 1 atom stereocenters. The lowest BCUT2D eigenvalue weighted by atomic mass is 9.86. The maximum Gasteiger partial charge on any atom is 0.343 e. The summed E-state index contributed by atoms with van der Waals surface area (Å²) in [5, 5.41) is 11.9. The molecule has 146 valence electrons. The number of fused-ring (bicyclic) bond motifs is 6. The SMILES string of the molecule is CC[C@@]1(O)C(=O)OCc2c1cc1n(c2=O)Cc2cc3cc4c(cc3nc2-1)CCO4. The molecule has 0 saturated heterocycles. The van der Waals surface area contributed by atoms with Crippen LogP contribution in [-0.4, -0.2) is 27.2 Å². The minimum absolute atomic E-state index is 0.120. The van der Waals surface area contributed by atoms with E-state index in [0.29, 0.717) is 35.7 Å². The van der Waals surface area contributed by atoms with Gasteiger partial charge in [0.2, 0.25) is 0 Å². The summed E-state index contributed by atoms with van der Waals surface area (Å²) in [6.07, 6.45) is 0.991. The molecular formula is C22H18N2O5. The first kappa shape index (κ1) is 16.7. The summed E-state index contributed by atoms with van der Waals surface area (Å²) in [6, 6.07) is 7.82. The molecule has 0 saturated carbocycles. The van der Waals surface area contributed by atoms with Crippen LogP contribution in [0.15, 0.2) is 29.1 Å². The predicted octanol–water partition coefficient (Wildman–Crippen LogP) is 2.01. The lowest BCUT2D eigenvalue weighted by Gasteiger charge is -2.31. The number of hydrogen-bond donors (Lipinski definition) is 1. The Hall–Kier alpha value is -3.19. The van der Waals surface area contributed by atoms with Gasteiger partial charge < -0.3 is 19.1 Å². The average molecular weight is 390 g/mol. The van der Waals surface area contributed by atoms with E-state index < -0.39 is 11.6 Å². The zero-order chi connectivity index (χ0) is 19.9. The van der Waals surface area contributed by atoms with E-state index in [2.05, 4.69) is 0 Å². The van der Waals surface area contributed by atoms with Crippen LogP contribution in [-0.2, 0) is 34.7 Å². The minimum atomic E-state index is -1.81. The Morgan fingerprint density at radius 1 is 1.17 bits per heavy atom. The molecule has 0 aliphatic carbocycles. The number of hydrogen-bond acceptors (Lipinski definition) is 6. The third-order valence-electron chi connectivity index (χ3n) is 6.32. The van der Waals surface area contributed by atoms with Crippen LogP contribution >= 0.6 is 0 Å². The van der Waals surface area contributed by atoms with Gasteiger partial charge >= 0.3 is 5.97 Å². The molecule has 0 spiro atoms. The van der Waals surface area contributed by atoms with Crippen LogP contribution in [0.25, 0.3) is 22.3 Å². The summed E-state index contributed by atoms with van der Waals surface area (Å²) in [4.78, 5) is 30.2. The normalized spacial score (nSPS) is 21.2. The third-order valence-corrected chi connectivity index (χ3v) is 6.32. The Labute approximate surface area is 165 Å². The van der Waals surface area contributed by atoms with Crippen LogP contribution in [0.4, 0.5) is 0 Å². The summed E-state index contributed by atoms with van der Waals surface area (Å²) in [6.45, 7) is 2.66. The van der Waals surface area contributed by atoms with Gasteiger partial charge in [-0.05, 0) is 36.2 Å². The molecule has 1 N–H and O–H groups in total. The minimum Gasteiger partial charge on any atom is -0.493 e. The van der Waals surface area contributed by atoms with Gasteiger partial charge in [-0.3, -0.25) is 4.79 Å². The molecule has 0 amide bonds. The van der Waals surface area contributed by atoms with Crippen molar-refractivity contribution in [3.8, 4) is 17.1 Å². The van der Waals surface area contributed by atoms with E-state index in [0.717, 1.165) is 34.2 Å². The third kappa shape index (κ3) is 2.08. The number of carbonyl (C=O) groups is 1. The van der Waals surface area contributed by atoms with E-state index in [-0.39, 0.29) is 18.6 Å². The fraction of sp³-hybridized carbons (Fsp3) is 0.318. The van der Waals surface area contributed by atoms with Gasteiger partial charge in [0.05, 0.1) is 35.6 Å². The van der Waals surface area contributed by atoms with Crippen molar-refractivity contribution >= 4 is 16.9 Å². The maximum absolute atomic E-state index is 13.2. The second-order valence-corrected chi connectivity index (χ2v) is 7.85. The molecule has 5 heterocycles. The fourth-order valence-electron chi connectivity index (χ4n) is 4.65. The molecule has 3 aliphatic heterocycles. The van der Waals surface area contributed by atoms with E-state index in [1.807, 2.05) is 18.2 Å². The van der Waals surface area contributed by atoms with E-state index >= 15 is 0 Å². The highest BCUT2D eigenvalue weighted by Gasteiger charge is 2.45. The molecule has 7 nitrogen and oxygen atoms in total. The predicted molar refractivity (Wildman–Crippen MR) is 104 cm³/mol. The fourth-order valence-corrected chi connectivity index (χ4v) is 4.65. The van der Waals surface area contributed by atoms with E-state index in [1.54, 1.807) is 17.6 Å². The molecule has 3 aromatic rings. The van der Waals surface area contributed by atoms with Gasteiger partial charge in [-0.1, -0.05) is 6.92 Å². The molecular weight excluding hydrogens is 372 g/mol. The van der Waals surface area contributed by atoms with Gasteiger partial charge in [-0.2, -0.15) is 0 Å². The van der Waals surface area contributed by atoms with Crippen LogP contribution in [0.3, 0.4) is 0 Å². The molecule has 6 rings (SSSR count). The number of aliphatic hydroxyl groups is 1. The highest BCUT2D eigenvalue weighted by Crippen LogP contribution is 2.39. The molecule has 3 aliphatic rings. The molecule has 0 fully saturated rings. The number of pyridine rings is 2. The maximum atomic E-state index is 13.2. The van der Waals surface area contributed by atoms with Crippen LogP contribution in [0.2, 0.25) is 0 Å². The lowest BCUT2D eigenvalue weighted by Crippen LogP contribution is -2.44. The van der Waals surface area contributed by atoms with Crippen molar-refractivity contribution < 1.29 is 19.4 Å². The summed E-state index contributed by atoms with van der Waals surface area (Å²) in [5.41, 5.74) is 2.88. The standard InChI is InChI=1S/C22H18N2O5/c1-2-22(27)15-8-17-19-13(9-24(17)20(25)14(15)10-29-21(22)26)5-12-7-18-11(3-4-28-18)6-16(12)23-19/h5-8,27H,2-4,9-10H2,1H3/t22-/m0/s1. The number of cyclic esters (lactones) is 1. The highest BCUT2D eigenvalue weighted by molar-refractivity contribution is 5.87. The Morgan fingerprint density at radius 2 is 2.03 bits per heavy atom. The average Bonchev–Trinajstić information content (AvgIpc) is 3.32. The van der Waals surface area contributed by atoms with E-state index in [4.69, 9.17) is 14.5 Å². The number of esters is 1. The van der Waals surface area contributed by atoms with Crippen LogP contribution in [0, 0.1) is 0 Å². The van der Waals surface area contributed by atoms with Gasteiger partial charge in [-0.25, -0.2) is 9.78 Å². The smallest absolute Gasteiger partial charge is 0.343 e. The van der Waals surface area contributed by atoms with Gasteiger partial charge in [0.15, 0.2) is 5.60 Å². The van der Waals surface area contributed by atoms with Crippen LogP contribution in [0.5, 0.6) is 5.75 Å². The zero-order valence-electron chi connectivity index (χ0n) is 15.8. The van der Waals surface area contributed by atoms with Gasteiger partial charge in [0, 0.05) is 22.9 Å².